The smallest absolute Gasteiger partial charge is 0.410 e. The van der Waals surface area contributed by atoms with Crippen LogP contribution in [0.2, 0.25) is 18.1 Å². The van der Waals surface area contributed by atoms with Crippen LogP contribution in [0.5, 0.6) is 0 Å². The van der Waals surface area contributed by atoms with Gasteiger partial charge < -0.3 is 19.2 Å². The number of amides is 1. The minimum atomic E-state index is -1.88. The lowest BCUT2D eigenvalue weighted by molar-refractivity contribution is 0.102. The molecular weight excluding hydrogens is 374 g/mol. The highest BCUT2D eigenvalue weighted by molar-refractivity contribution is 6.74. The van der Waals surface area contributed by atoms with Crippen LogP contribution in [0.25, 0.3) is 0 Å². The van der Waals surface area contributed by atoms with Gasteiger partial charge in [0.25, 0.3) is 0 Å². The number of aromatic nitrogens is 2. The summed E-state index contributed by atoms with van der Waals surface area (Å²) in [5.41, 5.74) is 2.90. The summed E-state index contributed by atoms with van der Waals surface area (Å²) in [6, 6.07) is -0.129. The van der Waals surface area contributed by atoms with Gasteiger partial charge in [-0.2, -0.15) is 5.10 Å². The van der Waals surface area contributed by atoms with E-state index in [0.29, 0.717) is 19.4 Å². The highest BCUT2D eigenvalue weighted by atomic mass is 28.4. The molecule has 1 amide bonds. The second-order valence-electron chi connectivity index (χ2n) is 9.08. The molecule has 1 fully saturated rings. The first kappa shape index (κ1) is 22.6. The number of carbonyl (C=O) groups excluding carboxylic acids is 1. The SMILES string of the molecule is C=CCOC(=O)N1C[C@H](O)C[C@H]1Cc1c(C)n[nH]c1CO[Si](C)(C)C(C)(C)C. The molecule has 1 saturated heterocycles. The van der Waals surface area contributed by atoms with Crippen LogP contribution in [0.3, 0.4) is 0 Å². The molecule has 158 valence electrons. The number of aryl methyl sites for hydroxylation is 1. The highest BCUT2D eigenvalue weighted by Gasteiger charge is 2.38. The van der Waals surface area contributed by atoms with E-state index in [4.69, 9.17) is 9.16 Å². The summed E-state index contributed by atoms with van der Waals surface area (Å²) in [5, 5.41) is 17.7. The van der Waals surface area contributed by atoms with Crippen LogP contribution >= 0.6 is 0 Å². The van der Waals surface area contributed by atoms with Crippen LogP contribution in [0.1, 0.15) is 44.1 Å². The van der Waals surface area contributed by atoms with Crippen molar-refractivity contribution in [1.29, 1.82) is 0 Å². The predicted molar refractivity (Wildman–Crippen MR) is 112 cm³/mol. The second-order valence-corrected chi connectivity index (χ2v) is 13.9. The number of β-amino-alcohol motifs (C(OH)–C–C–N with tert-alkyl or cyclic N) is 1. The van der Waals surface area contributed by atoms with E-state index in [-0.39, 0.29) is 24.2 Å². The van der Waals surface area contributed by atoms with E-state index in [9.17, 15) is 9.90 Å². The van der Waals surface area contributed by atoms with Gasteiger partial charge in [-0.3, -0.25) is 5.10 Å². The summed E-state index contributed by atoms with van der Waals surface area (Å²) in [4.78, 5) is 13.9. The third kappa shape index (κ3) is 5.24. The van der Waals surface area contributed by atoms with Crippen LogP contribution in [0, 0.1) is 6.92 Å². The minimum absolute atomic E-state index is 0.128. The maximum Gasteiger partial charge on any atom is 0.410 e. The molecule has 8 heteroatoms. The molecule has 7 nitrogen and oxygen atoms in total. The van der Waals surface area contributed by atoms with E-state index in [0.717, 1.165) is 17.0 Å². The van der Waals surface area contributed by atoms with E-state index in [1.807, 2.05) is 6.92 Å². The Bertz CT molecular complexity index is 696. The summed E-state index contributed by atoms with van der Waals surface area (Å²) in [6.07, 6.45) is 1.72. The van der Waals surface area contributed by atoms with Crippen LogP contribution in [0.15, 0.2) is 12.7 Å². The fourth-order valence-electron chi connectivity index (χ4n) is 3.12. The standard InChI is InChI=1S/C20H35N3O4Si/c1-8-9-26-19(25)23-12-16(24)10-15(23)11-17-14(2)21-22-18(17)13-27-28(6,7)20(3,4)5/h8,15-16,24H,1,9-13H2,2-7H3,(H,21,22)/t15-,16+/m0/s1. The molecule has 0 unspecified atom stereocenters. The average molecular weight is 410 g/mol. The molecule has 2 heterocycles. The molecule has 28 heavy (non-hydrogen) atoms. The molecule has 0 saturated carbocycles. The molecule has 0 spiro atoms. The topological polar surface area (TPSA) is 87.7 Å². The average Bonchev–Trinajstić information content (AvgIpc) is 3.13. The quantitative estimate of drug-likeness (QED) is 0.531. The summed E-state index contributed by atoms with van der Waals surface area (Å²) in [7, 11) is -1.88. The monoisotopic (exact) mass is 409 g/mol. The second kappa shape index (κ2) is 8.80. The van der Waals surface area contributed by atoms with Crippen molar-refractivity contribution in [2.24, 2.45) is 0 Å². The molecule has 0 aromatic carbocycles. The zero-order valence-corrected chi connectivity index (χ0v) is 19.0. The Morgan fingerprint density at radius 1 is 1.46 bits per heavy atom. The number of ether oxygens (including phenoxy) is 1. The Labute approximate surface area is 169 Å². The first-order valence-corrected chi connectivity index (χ1v) is 12.8. The summed E-state index contributed by atoms with van der Waals surface area (Å²) in [6.45, 7) is 17.5. The van der Waals surface area contributed by atoms with E-state index in [1.165, 1.54) is 6.08 Å². The van der Waals surface area contributed by atoms with Crippen LogP contribution < -0.4 is 0 Å². The number of rotatable bonds is 7. The predicted octanol–water partition coefficient (Wildman–Crippen LogP) is 3.54. The normalized spacial score (nSPS) is 20.5. The lowest BCUT2D eigenvalue weighted by Gasteiger charge is -2.36. The maximum atomic E-state index is 12.3. The molecule has 1 aliphatic heterocycles. The molecule has 1 aromatic heterocycles. The van der Waals surface area contributed by atoms with Crippen molar-refractivity contribution in [2.75, 3.05) is 13.2 Å². The summed E-state index contributed by atoms with van der Waals surface area (Å²) >= 11 is 0. The van der Waals surface area contributed by atoms with Crippen molar-refractivity contribution in [1.82, 2.24) is 15.1 Å². The van der Waals surface area contributed by atoms with E-state index < -0.39 is 20.5 Å². The summed E-state index contributed by atoms with van der Waals surface area (Å²) < 4.78 is 11.5. The van der Waals surface area contributed by atoms with Gasteiger partial charge in [0.1, 0.15) is 6.61 Å². The molecule has 1 aromatic rings. The Morgan fingerprint density at radius 3 is 2.75 bits per heavy atom. The van der Waals surface area contributed by atoms with Gasteiger partial charge in [-0.05, 0) is 37.9 Å². The lowest BCUT2D eigenvalue weighted by Crippen LogP contribution is -2.40. The zero-order chi connectivity index (χ0) is 21.1. The van der Waals surface area contributed by atoms with Crippen LogP contribution in [0.4, 0.5) is 4.79 Å². The first-order chi connectivity index (χ1) is 13.0. The molecule has 2 N–H and O–H groups in total. The number of aliphatic hydroxyl groups excluding tert-OH is 1. The van der Waals surface area contributed by atoms with Crippen LogP contribution in [-0.2, 0) is 22.2 Å². The number of hydrogen-bond acceptors (Lipinski definition) is 5. The fraction of sp³-hybridized carbons (Fsp3) is 0.700. The van der Waals surface area contributed by atoms with Gasteiger partial charge in [0, 0.05) is 11.6 Å². The van der Waals surface area contributed by atoms with Crippen molar-refractivity contribution in [3.05, 3.63) is 29.6 Å². The largest absolute Gasteiger partial charge is 0.445 e. The summed E-state index contributed by atoms with van der Waals surface area (Å²) in [5.74, 6) is 0. The molecule has 2 atom stereocenters. The van der Waals surface area contributed by atoms with Crippen molar-refractivity contribution in [2.45, 2.75) is 77.4 Å². The third-order valence-corrected chi connectivity index (χ3v) is 10.4. The molecule has 2 rings (SSSR count). The zero-order valence-electron chi connectivity index (χ0n) is 18.0. The number of H-pyrrole nitrogens is 1. The van der Waals surface area contributed by atoms with Gasteiger partial charge in [-0.15, -0.1) is 0 Å². The van der Waals surface area contributed by atoms with E-state index >= 15 is 0 Å². The molecule has 1 aliphatic rings. The van der Waals surface area contributed by atoms with Gasteiger partial charge in [0.05, 0.1) is 30.6 Å². The number of aromatic amines is 1. The molecule has 0 aliphatic carbocycles. The number of nitrogens with zero attached hydrogens (tertiary/aromatic N) is 2. The van der Waals surface area contributed by atoms with Gasteiger partial charge in [-0.25, -0.2) is 4.79 Å². The number of nitrogens with one attached hydrogen (secondary N) is 1. The lowest BCUT2D eigenvalue weighted by atomic mass is 10.0. The molecule has 0 bridgehead atoms. The Hall–Kier alpha value is -1.64. The Balaban J connectivity index is 2.12. The van der Waals surface area contributed by atoms with Crippen LogP contribution in [-0.4, -0.2) is 59.9 Å². The minimum Gasteiger partial charge on any atom is -0.445 e. The van der Waals surface area contributed by atoms with Gasteiger partial charge in [0.15, 0.2) is 8.32 Å². The Morgan fingerprint density at radius 2 is 2.14 bits per heavy atom. The van der Waals surface area contributed by atoms with Gasteiger partial charge in [-0.1, -0.05) is 33.4 Å². The van der Waals surface area contributed by atoms with Gasteiger partial charge >= 0.3 is 6.09 Å². The van der Waals surface area contributed by atoms with Crippen molar-refractivity contribution < 1.29 is 19.1 Å². The van der Waals surface area contributed by atoms with Crippen molar-refractivity contribution in [3.63, 3.8) is 0 Å². The fourth-order valence-corrected chi connectivity index (χ4v) is 4.06. The number of aliphatic hydroxyl groups is 1. The van der Waals surface area contributed by atoms with E-state index in [2.05, 4.69) is 50.6 Å². The van der Waals surface area contributed by atoms with Crippen molar-refractivity contribution in [3.8, 4) is 0 Å². The number of hydrogen-bond donors (Lipinski definition) is 2. The molecular formula is C20H35N3O4Si. The van der Waals surface area contributed by atoms with Crippen molar-refractivity contribution >= 4 is 14.4 Å². The maximum absolute atomic E-state index is 12.3. The van der Waals surface area contributed by atoms with E-state index in [1.54, 1.807) is 4.90 Å². The Kier molecular flexibility index (Phi) is 7.11. The third-order valence-electron chi connectivity index (χ3n) is 5.93. The first-order valence-electron chi connectivity index (χ1n) is 9.85. The molecule has 0 radical (unpaired) electrons. The van der Waals surface area contributed by atoms with Gasteiger partial charge in [0.2, 0.25) is 0 Å². The highest BCUT2D eigenvalue weighted by Crippen LogP contribution is 2.37. The number of likely N-dealkylation sites (tertiary alicyclic amines) is 1. The number of carbonyl (C=O) groups is 1.